The molecule has 9 nitrogen and oxygen atoms in total. The number of piperazine rings is 1. The summed E-state index contributed by atoms with van der Waals surface area (Å²) in [5.41, 5.74) is 7.16. The van der Waals surface area contributed by atoms with Crippen LogP contribution < -0.4 is 9.64 Å². The molecule has 0 amide bonds. The van der Waals surface area contributed by atoms with Gasteiger partial charge in [0.1, 0.15) is 17.4 Å². The van der Waals surface area contributed by atoms with E-state index in [1.54, 1.807) is 0 Å². The number of likely N-dealkylation sites (N-methyl/N-ethyl adjacent to an activating group) is 1. The molecule has 224 valence electrons. The van der Waals surface area contributed by atoms with Gasteiger partial charge in [0, 0.05) is 49.4 Å². The molecular weight excluding hydrogens is 540 g/mol. The number of fused-ring (bicyclic) bond motifs is 2. The number of hydrogen-bond acceptors (Lipinski definition) is 6. The van der Waals surface area contributed by atoms with Crippen molar-refractivity contribution >= 4 is 33.7 Å². The molecule has 0 bridgehead atoms. The van der Waals surface area contributed by atoms with Crippen LogP contribution in [-0.2, 0) is 4.79 Å². The normalized spacial score (nSPS) is 14.1. The van der Waals surface area contributed by atoms with Crippen LogP contribution in [0, 0.1) is 0 Å². The third-order valence-corrected chi connectivity index (χ3v) is 8.27. The lowest BCUT2D eigenvalue weighted by Gasteiger charge is -2.34. The summed E-state index contributed by atoms with van der Waals surface area (Å²) in [6, 6.07) is 20.8. The number of unbranched alkanes of at least 4 members (excludes halogenated alkanes) is 5. The SMILES string of the molecule is CN1CCN(c2ccc3nc(-c4ccc5nc(-c6ccc(OCCCCCCCCC(=O)O)cc6)[nH]c5c4)[nH]c3c2)CC1. The first kappa shape index (κ1) is 28.7. The van der Waals surface area contributed by atoms with Gasteiger partial charge in [-0.1, -0.05) is 25.7 Å². The number of rotatable bonds is 13. The fourth-order valence-electron chi connectivity index (χ4n) is 5.67. The molecular formula is C34H40N6O3. The van der Waals surface area contributed by atoms with Gasteiger partial charge in [-0.2, -0.15) is 0 Å². The van der Waals surface area contributed by atoms with Crippen molar-refractivity contribution < 1.29 is 14.6 Å². The van der Waals surface area contributed by atoms with Crippen molar-refractivity contribution in [1.29, 1.82) is 0 Å². The number of H-pyrrole nitrogens is 2. The summed E-state index contributed by atoms with van der Waals surface area (Å²) < 4.78 is 5.93. The highest BCUT2D eigenvalue weighted by molar-refractivity contribution is 5.87. The highest BCUT2D eigenvalue weighted by atomic mass is 16.5. The predicted octanol–water partition coefficient (Wildman–Crippen LogP) is 6.72. The Balaban J connectivity index is 1.05. The number of carboxylic acids is 1. The Morgan fingerprint density at radius 1 is 0.767 bits per heavy atom. The van der Waals surface area contributed by atoms with Crippen LogP contribution in [0.4, 0.5) is 5.69 Å². The van der Waals surface area contributed by atoms with Crippen molar-refractivity contribution in [2.45, 2.75) is 44.9 Å². The van der Waals surface area contributed by atoms with Crippen LogP contribution in [0.15, 0.2) is 60.7 Å². The Labute approximate surface area is 251 Å². The van der Waals surface area contributed by atoms with Crippen molar-refractivity contribution in [3.05, 3.63) is 60.7 Å². The van der Waals surface area contributed by atoms with E-state index >= 15 is 0 Å². The van der Waals surface area contributed by atoms with E-state index in [1.165, 1.54) is 5.69 Å². The highest BCUT2D eigenvalue weighted by Gasteiger charge is 2.16. The van der Waals surface area contributed by atoms with Crippen molar-refractivity contribution in [2.75, 3.05) is 44.7 Å². The third kappa shape index (κ3) is 7.17. The van der Waals surface area contributed by atoms with Gasteiger partial charge in [0.25, 0.3) is 0 Å². The molecule has 6 rings (SSSR count). The van der Waals surface area contributed by atoms with Gasteiger partial charge in [0.05, 0.1) is 28.7 Å². The molecule has 3 N–H and O–H groups in total. The van der Waals surface area contributed by atoms with E-state index < -0.39 is 5.97 Å². The number of carbonyl (C=O) groups is 1. The molecule has 0 aliphatic carbocycles. The summed E-state index contributed by atoms with van der Waals surface area (Å²) in [5, 5.41) is 8.69. The third-order valence-electron chi connectivity index (χ3n) is 8.27. The number of aromatic nitrogens is 4. The van der Waals surface area contributed by atoms with Gasteiger partial charge in [-0.3, -0.25) is 4.79 Å². The number of aromatic amines is 2. The molecule has 5 aromatic rings. The van der Waals surface area contributed by atoms with Crippen LogP contribution in [0.3, 0.4) is 0 Å². The van der Waals surface area contributed by atoms with Gasteiger partial charge in [-0.25, -0.2) is 9.97 Å². The van der Waals surface area contributed by atoms with E-state index in [9.17, 15) is 4.79 Å². The summed E-state index contributed by atoms with van der Waals surface area (Å²) >= 11 is 0. The average Bonchev–Trinajstić information content (AvgIpc) is 3.64. The standard InChI is InChI=1S/C34H40N6O3/c1-39-17-19-40(20-18-39)26-12-16-29-31(23-26)38-34(36-29)25-11-15-28-30(22-25)37-33(35-28)24-9-13-27(14-10-24)43-21-7-5-3-2-4-6-8-32(41)42/h9-16,22-23H,2-8,17-21H2,1H3,(H,35,37)(H,36,38)(H,41,42). The Kier molecular flexibility index (Phi) is 8.88. The van der Waals surface area contributed by atoms with Crippen molar-refractivity contribution in [3.8, 4) is 28.5 Å². The van der Waals surface area contributed by atoms with Gasteiger partial charge in [0.2, 0.25) is 0 Å². The fraction of sp³-hybridized carbons (Fsp3) is 0.382. The molecule has 9 heteroatoms. The van der Waals surface area contributed by atoms with E-state index in [1.807, 2.05) is 30.3 Å². The molecule has 0 spiro atoms. The van der Waals surface area contributed by atoms with Gasteiger partial charge in [-0.05, 0) is 80.6 Å². The highest BCUT2D eigenvalue weighted by Crippen LogP contribution is 2.29. The second-order valence-electron chi connectivity index (χ2n) is 11.5. The number of carboxylic acid groups (broad SMARTS) is 1. The van der Waals surface area contributed by atoms with E-state index in [0.29, 0.717) is 6.61 Å². The molecule has 1 saturated heterocycles. The van der Waals surface area contributed by atoms with E-state index in [4.69, 9.17) is 19.8 Å². The van der Waals surface area contributed by atoms with E-state index in [2.05, 4.69) is 57.1 Å². The fourth-order valence-corrected chi connectivity index (χ4v) is 5.67. The maximum Gasteiger partial charge on any atom is 0.303 e. The maximum atomic E-state index is 10.6. The summed E-state index contributed by atoms with van der Waals surface area (Å²) in [7, 11) is 2.18. The molecule has 2 aromatic heterocycles. The van der Waals surface area contributed by atoms with Crippen molar-refractivity contribution in [1.82, 2.24) is 24.8 Å². The van der Waals surface area contributed by atoms with Crippen LogP contribution in [0.25, 0.3) is 44.8 Å². The number of aliphatic carboxylic acids is 1. The number of ether oxygens (including phenoxy) is 1. The Morgan fingerprint density at radius 3 is 2.09 bits per heavy atom. The van der Waals surface area contributed by atoms with Crippen LogP contribution in [0.5, 0.6) is 5.75 Å². The zero-order chi connectivity index (χ0) is 29.6. The van der Waals surface area contributed by atoms with Crippen LogP contribution in [0.2, 0.25) is 0 Å². The summed E-state index contributed by atoms with van der Waals surface area (Å²) in [6.45, 7) is 4.92. The molecule has 1 aliphatic heterocycles. The van der Waals surface area contributed by atoms with Gasteiger partial charge < -0.3 is 29.6 Å². The molecule has 3 heterocycles. The topological polar surface area (TPSA) is 110 Å². The smallest absolute Gasteiger partial charge is 0.303 e. The molecule has 0 saturated carbocycles. The summed E-state index contributed by atoms with van der Waals surface area (Å²) in [5.74, 6) is 1.82. The summed E-state index contributed by atoms with van der Waals surface area (Å²) in [6.07, 6.45) is 6.31. The minimum atomic E-state index is -0.706. The minimum Gasteiger partial charge on any atom is -0.494 e. The Hall–Kier alpha value is -4.37. The second kappa shape index (κ2) is 13.3. The van der Waals surface area contributed by atoms with Gasteiger partial charge in [0.15, 0.2) is 0 Å². The van der Waals surface area contributed by atoms with E-state index in [-0.39, 0.29) is 6.42 Å². The molecule has 0 unspecified atom stereocenters. The monoisotopic (exact) mass is 580 g/mol. The lowest BCUT2D eigenvalue weighted by molar-refractivity contribution is -0.137. The van der Waals surface area contributed by atoms with Gasteiger partial charge in [-0.15, -0.1) is 0 Å². The number of hydrogen-bond donors (Lipinski definition) is 3. The number of nitrogens with zero attached hydrogens (tertiary/aromatic N) is 4. The molecule has 43 heavy (non-hydrogen) atoms. The van der Waals surface area contributed by atoms with Gasteiger partial charge >= 0.3 is 5.97 Å². The largest absolute Gasteiger partial charge is 0.494 e. The van der Waals surface area contributed by atoms with Crippen LogP contribution in [0.1, 0.15) is 44.9 Å². The van der Waals surface area contributed by atoms with Crippen molar-refractivity contribution in [3.63, 3.8) is 0 Å². The van der Waals surface area contributed by atoms with Crippen molar-refractivity contribution in [2.24, 2.45) is 0 Å². The lowest BCUT2D eigenvalue weighted by Crippen LogP contribution is -2.44. The molecule has 0 radical (unpaired) electrons. The molecule has 0 atom stereocenters. The maximum absolute atomic E-state index is 10.6. The zero-order valence-corrected chi connectivity index (χ0v) is 24.8. The minimum absolute atomic E-state index is 0.273. The molecule has 1 fully saturated rings. The number of benzene rings is 3. The average molecular weight is 581 g/mol. The first-order valence-electron chi connectivity index (χ1n) is 15.4. The number of imidazole rings is 2. The van der Waals surface area contributed by atoms with E-state index in [0.717, 1.165) is 115 Å². The lowest BCUT2D eigenvalue weighted by atomic mass is 10.1. The second-order valence-corrected chi connectivity index (χ2v) is 11.5. The molecule has 1 aliphatic rings. The Morgan fingerprint density at radius 2 is 1.37 bits per heavy atom. The number of nitrogens with one attached hydrogen (secondary N) is 2. The quantitative estimate of drug-likeness (QED) is 0.133. The Bertz CT molecular complexity index is 1670. The molecule has 3 aromatic carbocycles. The van der Waals surface area contributed by atoms with Crippen LogP contribution >= 0.6 is 0 Å². The zero-order valence-electron chi connectivity index (χ0n) is 24.8. The first-order chi connectivity index (χ1) is 21.0. The van der Waals surface area contributed by atoms with Crippen LogP contribution in [-0.4, -0.2) is 75.7 Å². The predicted molar refractivity (Wildman–Crippen MR) is 172 cm³/mol. The summed E-state index contributed by atoms with van der Waals surface area (Å²) in [4.78, 5) is 32.1. The first-order valence-corrected chi connectivity index (χ1v) is 15.4. The number of anilines is 1.